The van der Waals surface area contributed by atoms with Crippen LogP contribution in [0.4, 0.5) is 13.2 Å². The van der Waals surface area contributed by atoms with E-state index in [1.165, 1.54) is 5.56 Å². The number of allylic oxidation sites excluding steroid dienone is 1. The lowest BCUT2D eigenvalue weighted by molar-refractivity contribution is 0.312. The summed E-state index contributed by atoms with van der Waals surface area (Å²) in [4.78, 5) is 2.23. The van der Waals surface area contributed by atoms with E-state index in [9.17, 15) is 13.2 Å². The predicted molar refractivity (Wildman–Crippen MR) is 103 cm³/mol. The van der Waals surface area contributed by atoms with Crippen LogP contribution < -0.4 is 0 Å². The van der Waals surface area contributed by atoms with Crippen LogP contribution in [0.5, 0.6) is 0 Å². The monoisotopic (exact) mass is 390 g/mol. The molecule has 1 aliphatic heterocycles. The third-order valence-corrected chi connectivity index (χ3v) is 5.30. The molecule has 6 heteroatoms. The van der Waals surface area contributed by atoms with E-state index in [-0.39, 0.29) is 5.56 Å². The van der Waals surface area contributed by atoms with E-state index in [4.69, 9.17) is 11.6 Å². The van der Waals surface area contributed by atoms with Crippen molar-refractivity contribution in [3.05, 3.63) is 69.6 Å². The molecule has 0 amide bonds. The second-order valence-corrected chi connectivity index (χ2v) is 7.44. The summed E-state index contributed by atoms with van der Waals surface area (Å²) < 4.78 is 43.6. The molecule has 2 heterocycles. The fraction of sp³-hybridized carbons (Fsp3) is 0.238. The van der Waals surface area contributed by atoms with E-state index in [2.05, 4.69) is 11.9 Å². The summed E-state index contributed by atoms with van der Waals surface area (Å²) >= 11 is 6.19. The molecule has 2 aromatic carbocycles. The number of nitrogens with zero attached hydrogens (tertiary/aromatic N) is 2. The molecule has 0 bridgehead atoms. The van der Waals surface area contributed by atoms with Gasteiger partial charge in [-0.25, -0.2) is 13.2 Å². The van der Waals surface area contributed by atoms with Gasteiger partial charge in [0.2, 0.25) is 0 Å². The van der Waals surface area contributed by atoms with Crippen molar-refractivity contribution < 1.29 is 13.2 Å². The molecule has 0 aliphatic carbocycles. The van der Waals surface area contributed by atoms with E-state index in [1.54, 1.807) is 19.2 Å². The summed E-state index contributed by atoms with van der Waals surface area (Å²) in [5.41, 5.74) is 3.38. The third kappa shape index (κ3) is 3.15. The maximum atomic E-state index is 14.2. The van der Waals surface area contributed by atoms with Crippen molar-refractivity contribution in [2.24, 2.45) is 0 Å². The first-order chi connectivity index (χ1) is 12.8. The molecule has 0 fully saturated rings. The van der Waals surface area contributed by atoms with E-state index < -0.39 is 17.5 Å². The van der Waals surface area contributed by atoms with Crippen LogP contribution in [-0.4, -0.2) is 23.1 Å². The Morgan fingerprint density at radius 3 is 2.52 bits per heavy atom. The van der Waals surface area contributed by atoms with Crippen molar-refractivity contribution in [1.29, 1.82) is 0 Å². The molecule has 0 unspecified atom stereocenters. The molecule has 0 atom stereocenters. The molecule has 0 radical (unpaired) electrons. The quantitative estimate of drug-likeness (QED) is 0.543. The second kappa shape index (κ2) is 6.73. The minimum absolute atomic E-state index is 0.214. The zero-order valence-corrected chi connectivity index (χ0v) is 15.7. The number of benzene rings is 2. The second-order valence-electron chi connectivity index (χ2n) is 7.00. The summed E-state index contributed by atoms with van der Waals surface area (Å²) in [7, 11) is 2.06. The van der Waals surface area contributed by atoms with Gasteiger partial charge < -0.3 is 9.47 Å². The van der Waals surface area contributed by atoms with E-state index in [0.717, 1.165) is 36.1 Å². The zero-order valence-electron chi connectivity index (χ0n) is 15.0. The van der Waals surface area contributed by atoms with Crippen LogP contribution in [0.2, 0.25) is 5.02 Å². The molecule has 27 heavy (non-hydrogen) atoms. The van der Waals surface area contributed by atoms with Crippen LogP contribution in [0.1, 0.15) is 23.7 Å². The van der Waals surface area contributed by atoms with Gasteiger partial charge in [-0.1, -0.05) is 11.6 Å². The van der Waals surface area contributed by atoms with Crippen LogP contribution in [0.15, 0.2) is 30.3 Å². The first-order valence-corrected chi connectivity index (χ1v) is 9.06. The molecule has 140 valence electrons. The van der Waals surface area contributed by atoms with E-state index >= 15 is 0 Å². The Morgan fingerprint density at radius 1 is 1.11 bits per heavy atom. The van der Waals surface area contributed by atoms with Gasteiger partial charge in [-0.15, -0.1) is 0 Å². The fourth-order valence-electron chi connectivity index (χ4n) is 3.82. The van der Waals surface area contributed by atoms with Gasteiger partial charge in [0, 0.05) is 53.9 Å². The lowest BCUT2D eigenvalue weighted by Gasteiger charge is -2.23. The average Bonchev–Trinajstić information content (AvgIpc) is 2.86. The largest absolute Gasteiger partial charge is 0.320 e. The molecule has 0 saturated carbocycles. The van der Waals surface area contributed by atoms with Gasteiger partial charge in [0.15, 0.2) is 0 Å². The van der Waals surface area contributed by atoms with Gasteiger partial charge in [0.25, 0.3) is 0 Å². The molecule has 1 aromatic heterocycles. The maximum Gasteiger partial charge on any atom is 0.136 e. The van der Waals surface area contributed by atoms with Gasteiger partial charge >= 0.3 is 0 Å². The number of fused-ring (bicyclic) bond motifs is 3. The number of likely N-dealkylation sites (N-methyl/N-ethyl adjacent to an activating group) is 1. The number of hydrogen-bond acceptors (Lipinski definition) is 1. The van der Waals surface area contributed by atoms with Gasteiger partial charge in [-0.2, -0.15) is 0 Å². The van der Waals surface area contributed by atoms with Crippen LogP contribution in [0.25, 0.3) is 22.7 Å². The van der Waals surface area contributed by atoms with Crippen molar-refractivity contribution in [3.8, 4) is 0 Å². The van der Waals surface area contributed by atoms with Gasteiger partial charge in [-0.3, -0.25) is 0 Å². The van der Waals surface area contributed by atoms with Crippen LogP contribution in [0.3, 0.4) is 0 Å². The van der Waals surface area contributed by atoms with Crippen molar-refractivity contribution >= 4 is 34.3 Å². The predicted octanol–water partition coefficient (Wildman–Crippen LogP) is 5.72. The normalized spacial score (nSPS) is 15.4. The minimum Gasteiger partial charge on any atom is -0.320 e. The third-order valence-electron chi connectivity index (χ3n) is 5.06. The lowest BCUT2D eigenvalue weighted by Crippen LogP contribution is -2.26. The zero-order chi connectivity index (χ0) is 19.3. The summed E-state index contributed by atoms with van der Waals surface area (Å²) in [6.45, 7) is 3.30. The summed E-state index contributed by atoms with van der Waals surface area (Å²) in [5, 5.41) is 1.68. The van der Waals surface area contributed by atoms with Crippen molar-refractivity contribution in [3.63, 3.8) is 0 Å². The fourth-order valence-corrected chi connectivity index (χ4v) is 4.00. The molecule has 0 saturated heterocycles. The molecule has 3 aromatic rings. The summed E-state index contributed by atoms with van der Waals surface area (Å²) in [5.74, 6) is -2.74. The Bertz CT molecular complexity index is 1060. The van der Waals surface area contributed by atoms with E-state index in [0.29, 0.717) is 22.7 Å². The first kappa shape index (κ1) is 18.1. The van der Waals surface area contributed by atoms with Crippen LogP contribution in [-0.2, 0) is 13.0 Å². The molecular formula is C21H18ClF3N2. The van der Waals surface area contributed by atoms with Gasteiger partial charge in [-0.05, 0) is 43.3 Å². The van der Waals surface area contributed by atoms with Crippen LogP contribution >= 0.6 is 11.6 Å². The highest BCUT2D eigenvalue weighted by molar-refractivity contribution is 6.31. The van der Waals surface area contributed by atoms with Crippen molar-refractivity contribution in [1.82, 2.24) is 9.47 Å². The maximum absolute atomic E-state index is 14.2. The Kier molecular flexibility index (Phi) is 4.52. The Morgan fingerprint density at radius 2 is 1.81 bits per heavy atom. The highest BCUT2D eigenvalue weighted by atomic mass is 35.5. The van der Waals surface area contributed by atoms with Crippen LogP contribution in [0, 0.1) is 17.5 Å². The first-order valence-electron chi connectivity index (χ1n) is 8.68. The number of hydrogen-bond donors (Lipinski definition) is 0. The highest BCUT2D eigenvalue weighted by Gasteiger charge is 2.22. The minimum atomic E-state index is -0.928. The Balaban J connectivity index is 1.93. The Hall–Kier alpha value is -2.24. The molecule has 0 spiro atoms. The van der Waals surface area contributed by atoms with Crippen molar-refractivity contribution in [2.45, 2.75) is 19.9 Å². The average molecular weight is 391 g/mol. The summed E-state index contributed by atoms with van der Waals surface area (Å²) in [6.07, 6.45) is 2.54. The smallest absolute Gasteiger partial charge is 0.136 e. The number of rotatable bonds is 2. The summed E-state index contributed by atoms with van der Waals surface area (Å²) in [6, 6.07) is 7.05. The standard InChI is InChI=1S/C21H18ClF3N2/c1-12(21-17(24)8-14(23)9-18(21)25)10-27-19-4-3-13(22)7-15(19)16-11-26(2)6-5-20(16)27/h3-4,7-10H,5-6,11H2,1-2H3. The van der Waals surface area contributed by atoms with Gasteiger partial charge in [0.05, 0.1) is 11.1 Å². The number of aromatic nitrogens is 1. The molecule has 0 N–H and O–H groups in total. The molecule has 4 rings (SSSR count). The SMILES string of the molecule is CC(=Cn1c2c(c3cc(Cl)ccc31)CN(C)CC2)c1c(F)cc(F)cc1F. The molecule has 2 nitrogen and oxygen atoms in total. The molecular weight excluding hydrogens is 373 g/mol. The lowest BCUT2D eigenvalue weighted by atomic mass is 10.0. The van der Waals surface area contributed by atoms with E-state index in [1.807, 2.05) is 16.7 Å². The van der Waals surface area contributed by atoms with Gasteiger partial charge in [0.1, 0.15) is 17.5 Å². The van der Waals surface area contributed by atoms with Crippen molar-refractivity contribution in [2.75, 3.05) is 13.6 Å². The number of halogens is 4. The topological polar surface area (TPSA) is 8.17 Å². The highest BCUT2D eigenvalue weighted by Crippen LogP contribution is 2.34. The Labute approximate surface area is 160 Å². The molecule has 1 aliphatic rings.